The van der Waals surface area contributed by atoms with E-state index in [1.54, 1.807) is 24.4 Å². The van der Waals surface area contributed by atoms with Crippen molar-refractivity contribution in [3.8, 4) is 11.5 Å². The lowest BCUT2D eigenvalue weighted by Crippen LogP contribution is -2.17. The molecule has 0 aliphatic carbocycles. The summed E-state index contributed by atoms with van der Waals surface area (Å²) in [6.07, 6.45) is 1.55. The van der Waals surface area contributed by atoms with Crippen molar-refractivity contribution in [1.82, 2.24) is 5.43 Å². The topological polar surface area (TPSA) is 59.9 Å². The molecule has 0 aromatic heterocycles. The van der Waals surface area contributed by atoms with Gasteiger partial charge in [0.05, 0.1) is 17.3 Å². The molecular formula is C23H19BrClIN2O3. The first-order valence-corrected chi connectivity index (χ1v) is 11.6. The number of hydrogen-bond donors (Lipinski definition) is 1. The first-order valence-electron chi connectivity index (χ1n) is 9.39. The third-order valence-corrected chi connectivity index (χ3v) is 5.82. The van der Waals surface area contributed by atoms with Crippen molar-refractivity contribution in [2.45, 2.75) is 13.5 Å². The van der Waals surface area contributed by atoms with Gasteiger partial charge < -0.3 is 9.47 Å². The summed E-state index contributed by atoms with van der Waals surface area (Å²) in [6.45, 7) is 2.67. The Bertz CT molecular complexity index is 1090. The van der Waals surface area contributed by atoms with Crippen LogP contribution in [0.4, 0.5) is 0 Å². The molecule has 1 amide bonds. The van der Waals surface area contributed by atoms with Crippen LogP contribution < -0.4 is 14.9 Å². The summed E-state index contributed by atoms with van der Waals surface area (Å²) in [6, 6.07) is 18.4. The average Bonchev–Trinajstić information content (AvgIpc) is 2.75. The highest BCUT2D eigenvalue weighted by Crippen LogP contribution is 2.37. The molecule has 3 rings (SSSR count). The Balaban J connectivity index is 1.73. The van der Waals surface area contributed by atoms with E-state index in [1.165, 1.54) is 0 Å². The number of amides is 1. The number of nitrogens with zero attached hydrogens (tertiary/aromatic N) is 1. The average molecular weight is 614 g/mol. The molecule has 0 unspecified atom stereocenters. The zero-order chi connectivity index (χ0) is 22.2. The highest BCUT2D eigenvalue weighted by atomic mass is 127. The Kier molecular flexibility index (Phi) is 8.74. The second-order valence-corrected chi connectivity index (χ2v) is 8.86. The lowest BCUT2D eigenvalue weighted by atomic mass is 10.2. The van der Waals surface area contributed by atoms with Crippen LogP contribution in [0.3, 0.4) is 0 Å². The Morgan fingerprint density at radius 1 is 1.16 bits per heavy atom. The third kappa shape index (κ3) is 6.69. The molecule has 31 heavy (non-hydrogen) atoms. The predicted octanol–water partition coefficient (Wildman–Crippen LogP) is 6.45. The molecule has 0 fully saturated rings. The zero-order valence-corrected chi connectivity index (χ0v) is 21.1. The maximum absolute atomic E-state index is 12.2. The molecule has 160 valence electrons. The summed E-state index contributed by atoms with van der Waals surface area (Å²) >= 11 is 11.9. The van der Waals surface area contributed by atoms with E-state index in [9.17, 15) is 4.79 Å². The smallest absolute Gasteiger partial charge is 0.271 e. The first kappa shape index (κ1) is 23.6. The van der Waals surface area contributed by atoms with Crippen LogP contribution in [0.5, 0.6) is 11.5 Å². The van der Waals surface area contributed by atoms with Gasteiger partial charge in [0.2, 0.25) is 0 Å². The van der Waals surface area contributed by atoms with Crippen molar-refractivity contribution in [2.75, 3.05) is 6.61 Å². The summed E-state index contributed by atoms with van der Waals surface area (Å²) in [5.74, 6) is 0.854. The van der Waals surface area contributed by atoms with E-state index in [0.717, 1.165) is 14.7 Å². The van der Waals surface area contributed by atoms with E-state index in [0.29, 0.717) is 39.8 Å². The minimum atomic E-state index is -0.281. The molecule has 3 aromatic rings. The number of hydrazone groups is 1. The maximum atomic E-state index is 12.2. The molecule has 0 radical (unpaired) electrons. The summed E-state index contributed by atoms with van der Waals surface area (Å²) in [4.78, 5) is 12.2. The molecule has 0 saturated carbocycles. The van der Waals surface area contributed by atoms with Gasteiger partial charge in [-0.1, -0.05) is 29.8 Å². The predicted molar refractivity (Wildman–Crippen MR) is 135 cm³/mol. The van der Waals surface area contributed by atoms with Crippen molar-refractivity contribution in [2.24, 2.45) is 5.10 Å². The van der Waals surface area contributed by atoms with Crippen LogP contribution in [-0.4, -0.2) is 18.7 Å². The van der Waals surface area contributed by atoms with Gasteiger partial charge in [-0.05, 0) is 93.5 Å². The van der Waals surface area contributed by atoms with Crippen molar-refractivity contribution in [1.29, 1.82) is 0 Å². The lowest BCUT2D eigenvalue weighted by Gasteiger charge is -2.15. The van der Waals surface area contributed by atoms with E-state index in [2.05, 4.69) is 49.0 Å². The van der Waals surface area contributed by atoms with Gasteiger partial charge in [-0.15, -0.1) is 0 Å². The molecule has 0 saturated heterocycles. The number of nitrogens with one attached hydrogen (secondary N) is 1. The van der Waals surface area contributed by atoms with Crippen LogP contribution in [0.25, 0.3) is 0 Å². The van der Waals surface area contributed by atoms with Crippen molar-refractivity contribution in [3.05, 3.63) is 90.4 Å². The second-order valence-electron chi connectivity index (χ2n) is 6.35. The highest BCUT2D eigenvalue weighted by molar-refractivity contribution is 14.1. The van der Waals surface area contributed by atoms with Crippen LogP contribution in [0.2, 0.25) is 5.02 Å². The number of halogens is 3. The van der Waals surface area contributed by atoms with Crippen molar-refractivity contribution < 1.29 is 14.3 Å². The fourth-order valence-corrected chi connectivity index (χ4v) is 3.79. The van der Waals surface area contributed by atoms with Crippen LogP contribution in [-0.2, 0) is 6.61 Å². The van der Waals surface area contributed by atoms with Crippen LogP contribution >= 0.6 is 50.1 Å². The molecular weight excluding hydrogens is 595 g/mol. The first-order chi connectivity index (χ1) is 15.0. The molecule has 0 aliphatic heterocycles. The van der Waals surface area contributed by atoms with Gasteiger partial charge in [0.25, 0.3) is 5.91 Å². The summed E-state index contributed by atoms with van der Waals surface area (Å²) in [7, 11) is 0. The summed E-state index contributed by atoms with van der Waals surface area (Å²) in [5, 5.41) is 4.70. The quantitative estimate of drug-likeness (QED) is 0.181. The minimum Gasteiger partial charge on any atom is -0.490 e. The molecule has 0 atom stereocenters. The van der Waals surface area contributed by atoms with Crippen LogP contribution in [0.1, 0.15) is 28.4 Å². The fourth-order valence-electron chi connectivity index (χ4n) is 2.66. The zero-order valence-electron chi connectivity index (χ0n) is 16.6. The van der Waals surface area contributed by atoms with Crippen molar-refractivity contribution >= 4 is 62.2 Å². The third-order valence-electron chi connectivity index (χ3n) is 4.15. The van der Waals surface area contributed by atoms with Gasteiger partial charge in [-0.2, -0.15) is 5.10 Å². The molecule has 0 spiro atoms. The second kappa shape index (κ2) is 11.5. The highest BCUT2D eigenvalue weighted by Gasteiger charge is 2.13. The van der Waals surface area contributed by atoms with Gasteiger partial charge in [-0.3, -0.25) is 4.79 Å². The Morgan fingerprint density at radius 3 is 2.61 bits per heavy atom. The summed E-state index contributed by atoms with van der Waals surface area (Å²) < 4.78 is 13.5. The largest absolute Gasteiger partial charge is 0.490 e. The molecule has 0 bridgehead atoms. The Hall–Kier alpha value is -2.10. The number of carbonyl (C=O) groups excluding carboxylic acids is 1. The van der Waals surface area contributed by atoms with Gasteiger partial charge in [0.15, 0.2) is 11.5 Å². The number of rotatable bonds is 8. The van der Waals surface area contributed by atoms with E-state index in [1.807, 2.05) is 49.4 Å². The molecule has 5 nitrogen and oxygen atoms in total. The standard InChI is InChI=1S/C23H19BrClIN2O3/c1-2-30-21-12-15(13-27-28-23(29)16-7-9-18(26)10-8-16)11-19(24)22(21)31-14-17-5-3-4-6-20(17)25/h3-13H,2,14H2,1H3,(H,28,29)/b27-13-. The Labute approximate surface area is 208 Å². The number of carbonyl (C=O) groups is 1. The van der Waals surface area contributed by atoms with E-state index >= 15 is 0 Å². The number of benzene rings is 3. The number of ether oxygens (including phenoxy) is 2. The molecule has 0 aliphatic rings. The van der Waals surface area contributed by atoms with Crippen LogP contribution in [0, 0.1) is 3.57 Å². The van der Waals surface area contributed by atoms with E-state index < -0.39 is 0 Å². The number of hydrogen-bond acceptors (Lipinski definition) is 4. The molecule has 3 aromatic carbocycles. The van der Waals surface area contributed by atoms with Gasteiger partial charge in [0, 0.05) is 19.7 Å². The fraction of sp³-hybridized carbons (Fsp3) is 0.130. The summed E-state index contributed by atoms with van der Waals surface area (Å²) in [5.41, 5.74) is 4.69. The molecule has 1 N–H and O–H groups in total. The minimum absolute atomic E-state index is 0.281. The van der Waals surface area contributed by atoms with Gasteiger partial charge in [0.1, 0.15) is 6.61 Å². The van der Waals surface area contributed by atoms with Gasteiger partial charge >= 0.3 is 0 Å². The molecule has 8 heteroatoms. The Morgan fingerprint density at radius 2 is 1.90 bits per heavy atom. The lowest BCUT2D eigenvalue weighted by molar-refractivity contribution is 0.0955. The van der Waals surface area contributed by atoms with E-state index in [-0.39, 0.29) is 5.91 Å². The molecule has 0 heterocycles. The van der Waals surface area contributed by atoms with Crippen LogP contribution in [0.15, 0.2) is 70.2 Å². The monoisotopic (exact) mass is 612 g/mol. The SMILES string of the molecule is CCOc1cc(/C=N\NC(=O)c2ccc(I)cc2)cc(Br)c1OCc1ccccc1Cl. The van der Waals surface area contributed by atoms with Gasteiger partial charge in [-0.25, -0.2) is 5.43 Å². The van der Waals surface area contributed by atoms with Crippen molar-refractivity contribution in [3.63, 3.8) is 0 Å². The maximum Gasteiger partial charge on any atom is 0.271 e. The normalized spacial score (nSPS) is 10.8. The van der Waals surface area contributed by atoms with E-state index in [4.69, 9.17) is 21.1 Å².